The SMILES string of the molecule is Cc1cc(C(=O)Nc2nnc(-c3cccc(F)c3)o2)c(C)o1. The molecule has 0 atom stereocenters. The Balaban J connectivity index is 1.80. The molecule has 2 aromatic heterocycles. The van der Waals surface area contributed by atoms with E-state index in [0.29, 0.717) is 22.6 Å². The van der Waals surface area contributed by atoms with Crippen molar-refractivity contribution >= 4 is 11.9 Å². The van der Waals surface area contributed by atoms with Crippen molar-refractivity contribution in [3.8, 4) is 11.5 Å². The molecule has 1 aromatic carbocycles. The van der Waals surface area contributed by atoms with E-state index in [1.807, 2.05) is 0 Å². The van der Waals surface area contributed by atoms with Gasteiger partial charge in [-0.05, 0) is 38.1 Å². The highest BCUT2D eigenvalue weighted by molar-refractivity contribution is 6.03. The number of furan rings is 1. The molecule has 0 aliphatic rings. The molecule has 3 aromatic rings. The van der Waals surface area contributed by atoms with Crippen LogP contribution in [0.1, 0.15) is 21.9 Å². The van der Waals surface area contributed by atoms with E-state index in [1.165, 1.54) is 18.2 Å². The van der Waals surface area contributed by atoms with Gasteiger partial charge in [-0.15, -0.1) is 5.10 Å². The first-order valence-corrected chi connectivity index (χ1v) is 6.51. The molecule has 0 fully saturated rings. The molecule has 6 nitrogen and oxygen atoms in total. The Bertz CT molecular complexity index is 838. The van der Waals surface area contributed by atoms with Gasteiger partial charge in [0.25, 0.3) is 5.91 Å². The van der Waals surface area contributed by atoms with Crippen LogP contribution >= 0.6 is 0 Å². The van der Waals surface area contributed by atoms with E-state index in [0.717, 1.165) is 0 Å². The molecular weight excluding hydrogens is 289 g/mol. The molecule has 112 valence electrons. The third kappa shape index (κ3) is 2.73. The van der Waals surface area contributed by atoms with Gasteiger partial charge in [-0.3, -0.25) is 10.1 Å². The van der Waals surface area contributed by atoms with E-state index in [9.17, 15) is 9.18 Å². The number of aromatic nitrogens is 2. The first-order chi connectivity index (χ1) is 10.5. The van der Waals surface area contributed by atoms with Gasteiger partial charge in [0.2, 0.25) is 5.89 Å². The number of halogens is 1. The molecule has 0 aliphatic carbocycles. The summed E-state index contributed by atoms with van der Waals surface area (Å²) in [4.78, 5) is 12.1. The zero-order chi connectivity index (χ0) is 15.7. The number of anilines is 1. The van der Waals surface area contributed by atoms with Crippen LogP contribution in [0.3, 0.4) is 0 Å². The maximum absolute atomic E-state index is 13.2. The van der Waals surface area contributed by atoms with Crippen LogP contribution in [-0.2, 0) is 0 Å². The first-order valence-electron chi connectivity index (χ1n) is 6.51. The second-order valence-corrected chi connectivity index (χ2v) is 4.70. The molecule has 22 heavy (non-hydrogen) atoms. The number of nitrogens with one attached hydrogen (secondary N) is 1. The molecule has 0 saturated heterocycles. The molecule has 1 amide bonds. The van der Waals surface area contributed by atoms with Gasteiger partial charge >= 0.3 is 6.01 Å². The normalized spacial score (nSPS) is 10.7. The number of hydrogen-bond donors (Lipinski definition) is 1. The number of nitrogens with zero attached hydrogens (tertiary/aromatic N) is 2. The second-order valence-electron chi connectivity index (χ2n) is 4.70. The number of hydrogen-bond acceptors (Lipinski definition) is 5. The largest absolute Gasteiger partial charge is 0.466 e. The Morgan fingerprint density at radius 2 is 2.00 bits per heavy atom. The fraction of sp³-hybridized carbons (Fsp3) is 0.133. The Kier molecular flexibility index (Phi) is 3.46. The monoisotopic (exact) mass is 301 g/mol. The Hall–Kier alpha value is -2.96. The molecular formula is C15H12FN3O3. The van der Waals surface area contributed by atoms with Crippen molar-refractivity contribution in [2.24, 2.45) is 0 Å². The maximum Gasteiger partial charge on any atom is 0.322 e. The summed E-state index contributed by atoms with van der Waals surface area (Å²) >= 11 is 0. The molecule has 1 N–H and O–H groups in total. The van der Waals surface area contributed by atoms with Crippen molar-refractivity contribution in [3.63, 3.8) is 0 Å². The van der Waals surface area contributed by atoms with Crippen molar-refractivity contribution in [3.05, 3.63) is 53.2 Å². The van der Waals surface area contributed by atoms with Crippen molar-refractivity contribution in [1.29, 1.82) is 0 Å². The van der Waals surface area contributed by atoms with Gasteiger partial charge in [-0.25, -0.2) is 4.39 Å². The number of carbonyl (C=O) groups excluding carboxylic acids is 1. The van der Waals surface area contributed by atoms with Gasteiger partial charge in [-0.1, -0.05) is 11.2 Å². The molecule has 0 radical (unpaired) electrons. The summed E-state index contributed by atoms with van der Waals surface area (Å²) < 4.78 is 23.8. The molecule has 2 heterocycles. The zero-order valence-electron chi connectivity index (χ0n) is 11.9. The minimum absolute atomic E-state index is 0.0671. The van der Waals surface area contributed by atoms with Crippen molar-refractivity contribution < 1.29 is 18.0 Å². The molecule has 0 bridgehead atoms. The smallest absolute Gasteiger partial charge is 0.322 e. The average Bonchev–Trinajstić information content (AvgIpc) is 3.05. The third-order valence-electron chi connectivity index (χ3n) is 3.00. The van der Waals surface area contributed by atoms with Crippen molar-refractivity contribution in [1.82, 2.24) is 10.2 Å². The lowest BCUT2D eigenvalue weighted by Gasteiger charge is -1.98. The van der Waals surface area contributed by atoms with E-state index in [2.05, 4.69) is 15.5 Å². The minimum atomic E-state index is -0.413. The van der Waals surface area contributed by atoms with Gasteiger partial charge in [0.1, 0.15) is 17.3 Å². The zero-order valence-corrected chi connectivity index (χ0v) is 11.9. The average molecular weight is 301 g/mol. The first kappa shape index (κ1) is 14.0. The molecule has 3 rings (SSSR count). The lowest BCUT2D eigenvalue weighted by atomic mass is 10.2. The standard InChI is InChI=1S/C15H12FN3O3/c1-8-6-12(9(2)21-8)13(20)17-15-19-18-14(22-15)10-4-3-5-11(16)7-10/h3-7H,1-2H3,(H,17,19,20). The van der Waals surface area contributed by atoms with Crippen LogP contribution in [-0.4, -0.2) is 16.1 Å². The number of carbonyl (C=O) groups is 1. The summed E-state index contributed by atoms with van der Waals surface area (Å²) in [5, 5.41) is 9.99. The lowest BCUT2D eigenvalue weighted by Crippen LogP contribution is -2.12. The fourth-order valence-corrected chi connectivity index (χ4v) is 2.03. The highest BCUT2D eigenvalue weighted by Gasteiger charge is 2.17. The summed E-state index contributed by atoms with van der Waals surface area (Å²) in [5.41, 5.74) is 0.825. The van der Waals surface area contributed by atoms with Gasteiger partial charge in [0, 0.05) is 5.56 Å². The number of amides is 1. The maximum atomic E-state index is 13.2. The third-order valence-corrected chi connectivity index (χ3v) is 3.00. The molecule has 0 saturated carbocycles. The summed E-state index contributed by atoms with van der Waals surface area (Å²) in [5.74, 6) is 0.429. The summed E-state index contributed by atoms with van der Waals surface area (Å²) in [6.07, 6.45) is 0. The van der Waals surface area contributed by atoms with Gasteiger partial charge in [0.15, 0.2) is 0 Å². The molecule has 0 spiro atoms. The van der Waals surface area contributed by atoms with E-state index < -0.39 is 11.7 Å². The van der Waals surface area contributed by atoms with E-state index in [4.69, 9.17) is 8.83 Å². The Labute approximate surface area is 125 Å². The van der Waals surface area contributed by atoms with Crippen LogP contribution in [0.15, 0.2) is 39.2 Å². The van der Waals surface area contributed by atoms with Gasteiger partial charge in [-0.2, -0.15) is 0 Å². The van der Waals surface area contributed by atoms with Crippen LogP contribution in [0.5, 0.6) is 0 Å². The lowest BCUT2D eigenvalue weighted by molar-refractivity contribution is 0.102. The minimum Gasteiger partial charge on any atom is -0.466 e. The van der Waals surface area contributed by atoms with Crippen LogP contribution in [0.4, 0.5) is 10.4 Å². The van der Waals surface area contributed by atoms with E-state index in [1.54, 1.807) is 26.0 Å². The molecule has 0 aliphatic heterocycles. The van der Waals surface area contributed by atoms with Crippen LogP contribution < -0.4 is 5.32 Å². The van der Waals surface area contributed by atoms with Crippen molar-refractivity contribution in [2.75, 3.05) is 5.32 Å². The van der Waals surface area contributed by atoms with E-state index >= 15 is 0 Å². The summed E-state index contributed by atoms with van der Waals surface area (Å²) in [6, 6.07) is 7.29. The van der Waals surface area contributed by atoms with E-state index in [-0.39, 0.29) is 11.9 Å². The van der Waals surface area contributed by atoms with Gasteiger partial charge in [0.05, 0.1) is 5.56 Å². The second kappa shape index (κ2) is 5.44. The number of aryl methyl sites for hydroxylation is 2. The topological polar surface area (TPSA) is 81.2 Å². The predicted octanol–water partition coefficient (Wildman–Crippen LogP) is 3.34. The van der Waals surface area contributed by atoms with Gasteiger partial charge < -0.3 is 8.83 Å². The highest BCUT2D eigenvalue weighted by atomic mass is 19.1. The number of benzene rings is 1. The van der Waals surface area contributed by atoms with Crippen LogP contribution in [0.25, 0.3) is 11.5 Å². The highest BCUT2D eigenvalue weighted by Crippen LogP contribution is 2.21. The number of rotatable bonds is 3. The Morgan fingerprint density at radius 1 is 1.18 bits per heavy atom. The summed E-state index contributed by atoms with van der Waals surface area (Å²) in [7, 11) is 0. The quantitative estimate of drug-likeness (QED) is 0.802. The molecule has 7 heteroatoms. The fourth-order valence-electron chi connectivity index (χ4n) is 2.03. The summed E-state index contributed by atoms with van der Waals surface area (Å²) in [6.45, 7) is 3.44. The van der Waals surface area contributed by atoms with Crippen LogP contribution in [0.2, 0.25) is 0 Å². The molecule has 0 unspecified atom stereocenters. The Morgan fingerprint density at radius 3 is 2.68 bits per heavy atom. The predicted molar refractivity (Wildman–Crippen MR) is 75.8 cm³/mol. The van der Waals surface area contributed by atoms with Crippen molar-refractivity contribution in [2.45, 2.75) is 13.8 Å². The van der Waals surface area contributed by atoms with Crippen LogP contribution in [0, 0.1) is 19.7 Å².